The van der Waals surface area contributed by atoms with Gasteiger partial charge in [-0.25, -0.2) is 0 Å². The molecule has 5 heteroatoms. The molecule has 0 N–H and O–H groups in total. The van der Waals surface area contributed by atoms with Gasteiger partial charge in [-0.3, -0.25) is 9.48 Å². The lowest BCUT2D eigenvalue weighted by atomic mass is 10.0. The lowest BCUT2D eigenvalue weighted by Gasteiger charge is -2.11. The van der Waals surface area contributed by atoms with Crippen molar-refractivity contribution in [2.24, 2.45) is 17.8 Å². The van der Waals surface area contributed by atoms with Crippen molar-refractivity contribution in [3.05, 3.63) is 16.4 Å². The fourth-order valence-corrected chi connectivity index (χ4v) is 4.10. The number of carbonyl (C=O) groups excluding carboxylic acids is 1. The van der Waals surface area contributed by atoms with E-state index in [-0.39, 0.29) is 5.92 Å². The van der Waals surface area contributed by atoms with E-state index in [0.717, 1.165) is 23.3 Å². The van der Waals surface area contributed by atoms with Crippen molar-refractivity contribution in [3.63, 3.8) is 0 Å². The van der Waals surface area contributed by atoms with Crippen molar-refractivity contribution in [2.45, 2.75) is 32.2 Å². The monoisotopic (exact) mass is 339 g/mol. The van der Waals surface area contributed by atoms with E-state index in [1.54, 1.807) is 6.20 Å². The van der Waals surface area contributed by atoms with Crippen LogP contribution in [0.3, 0.4) is 0 Å². The minimum absolute atomic E-state index is 0.267. The Kier molecular flexibility index (Phi) is 4.00. The van der Waals surface area contributed by atoms with E-state index in [0.29, 0.717) is 17.6 Å². The van der Waals surface area contributed by atoms with Crippen molar-refractivity contribution < 1.29 is 4.79 Å². The summed E-state index contributed by atoms with van der Waals surface area (Å²) in [5, 5.41) is 4.36. The Morgan fingerprint density at radius 2 is 2.05 bits per heavy atom. The van der Waals surface area contributed by atoms with Crippen LogP contribution in [0.1, 0.15) is 36.2 Å². The molecule has 2 fully saturated rings. The minimum Gasteiger partial charge on any atom is -0.308 e. The Balaban J connectivity index is 1.76. The molecule has 20 heavy (non-hydrogen) atoms. The Labute approximate surface area is 128 Å². The second kappa shape index (κ2) is 5.60. The highest BCUT2D eigenvalue weighted by atomic mass is 79.9. The zero-order chi connectivity index (χ0) is 14.3. The molecule has 2 saturated carbocycles. The first-order valence-electron chi connectivity index (χ1n) is 7.50. The molecule has 110 valence electrons. The van der Waals surface area contributed by atoms with Gasteiger partial charge in [-0.1, -0.05) is 12.8 Å². The summed E-state index contributed by atoms with van der Waals surface area (Å²) in [7, 11) is 4.07. The van der Waals surface area contributed by atoms with Crippen LogP contribution in [0, 0.1) is 17.8 Å². The fourth-order valence-electron chi connectivity index (χ4n) is 3.61. The summed E-state index contributed by atoms with van der Waals surface area (Å²) in [5.74, 6) is 1.88. The number of aromatic nitrogens is 2. The minimum atomic E-state index is 0.267. The van der Waals surface area contributed by atoms with Gasteiger partial charge in [0.25, 0.3) is 0 Å². The Bertz CT molecular complexity index is 499. The number of carbonyl (C=O) groups is 1. The highest BCUT2D eigenvalue weighted by Crippen LogP contribution is 2.56. The number of halogens is 1. The normalized spacial score (nSPS) is 28.5. The third-order valence-electron chi connectivity index (χ3n) is 4.75. The first-order chi connectivity index (χ1) is 9.59. The third kappa shape index (κ3) is 2.58. The van der Waals surface area contributed by atoms with Gasteiger partial charge in [0, 0.05) is 12.5 Å². The van der Waals surface area contributed by atoms with Gasteiger partial charge in [-0.2, -0.15) is 5.10 Å². The van der Waals surface area contributed by atoms with Crippen LogP contribution >= 0.6 is 15.9 Å². The molecule has 2 atom stereocenters. The smallest absolute Gasteiger partial charge is 0.185 e. The van der Waals surface area contributed by atoms with Crippen molar-refractivity contribution in [2.75, 3.05) is 20.6 Å². The lowest BCUT2D eigenvalue weighted by Crippen LogP contribution is -2.22. The number of nitrogens with zero attached hydrogens (tertiary/aromatic N) is 3. The predicted octanol–water partition coefficient (Wildman–Crippen LogP) is 2.83. The molecule has 0 amide bonds. The lowest BCUT2D eigenvalue weighted by molar-refractivity contribution is 0.0944. The number of Topliss-reactive ketones (excluding diaryl/α,β-unsaturated/α-hetero) is 1. The average molecular weight is 340 g/mol. The van der Waals surface area contributed by atoms with E-state index in [1.165, 1.54) is 25.7 Å². The summed E-state index contributed by atoms with van der Waals surface area (Å²) in [6.45, 7) is 1.66. The molecule has 1 heterocycles. The molecule has 1 aromatic heterocycles. The molecule has 1 aromatic rings. The van der Waals surface area contributed by atoms with Crippen LogP contribution in [0.15, 0.2) is 10.7 Å². The second-order valence-corrected chi connectivity index (χ2v) is 7.22. The third-order valence-corrected chi connectivity index (χ3v) is 5.33. The summed E-state index contributed by atoms with van der Waals surface area (Å²) in [4.78, 5) is 14.9. The molecule has 0 saturated heterocycles. The number of likely N-dealkylation sites (N-methyl/N-ethyl adjacent to an activating group) is 1. The molecule has 0 aliphatic heterocycles. The molecule has 4 nitrogen and oxygen atoms in total. The molecular weight excluding hydrogens is 318 g/mol. The maximum Gasteiger partial charge on any atom is 0.185 e. The topological polar surface area (TPSA) is 38.1 Å². The number of fused-ring (bicyclic) bond motifs is 1. The van der Waals surface area contributed by atoms with Crippen molar-refractivity contribution in [3.8, 4) is 0 Å². The first kappa shape index (κ1) is 14.3. The average Bonchev–Trinajstić information content (AvgIpc) is 3.04. The van der Waals surface area contributed by atoms with Crippen LogP contribution in [-0.4, -0.2) is 41.1 Å². The summed E-state index contributed by atoms with van der Waals surface area (Å²) in [5.41, 5.74) is 0.784. The van der Waals surface area contributed by atoms with Crippen LogP contribution in [-0.2, 0) is 6.54 Å². The van der Waals surface area contributed by atoms with E-state index in [9.17, 15) is 4.79 Å². The Hall–Kier alpha value is -0.680. The van der Waals surface area contributed by atoms with Crippen LogP contribution < -0.4 is 0 Å². The van der Waals surface area contributed by atoms with E-state index in [2.05, 4.69) is 25.9 Å². The Morgan fingerprint density at radius 1 is 1.40 bits per heavy atom. The van der Waals surface area contributed by atoms with Gasteiger partial charge in [-0.05, 0) is 54.7 Å². The van der Waals surface area contributed by atoms with E-state index < -0.39 is 0 Å². The van der Waals surface area contributed by atoms with Gasteiger partial charge in [-0.15, -0.1) is 0 Å². The number of rotatable bonds is 5. The highest BCUT2D eigenvalue weighted by molar-refractivity contribution is 9.10. The molecule has 2 unspecified atom stereocenters. The summed E-state index contributed by atoms with van der Waals surface area (Å²) >= 11 is 3.50. The van der Waals surface area contributed by atoms with E-state index in [4.69, 9.17) is 0 Å². The molecule has 3 rings (SSSR count). The van der Waals surface area contributed by atoms with Crippen molar-refractivity contribution in [1.82, 2.24) is 14.7 Å². The highest BCUT2D eigenvalue weighted by Gasteiger charge is 2.55. The summed E-state index contributed by atoms with van der Waals surface area (Å²) in [6.07, 6.45) is 6.84. The quantitative estimate of drug-likeness (QED) is 0.774. The van der Waals surface area contributed by atoms with Crippen molar-refractivity contribution in [1.29, 1.82) is 0 Å². The first-order valence-corrected chi connectivity index (χ1v) is 8.29. The van der Waals surface area contributed by atoms with Crippen molar-refractivity contribution >= 4 is 21.7 Å². The van der Waals surface area contributed by atoms with Crippen LogP contribution in [0.25, 0.3) is 0 Å². The SMILES string of the molecule is CN(C)CCn1ncc(Br)c1C(=O)C1C2CCCCC21. The number of hydrogen-bond acceptors (Lipinski definition) is 3. The number of ketones is 1. The molecule has 2 aliphatic carbocycles. The van der Waals surface area contributed by atoms with E-state index >= 15 is 0 Å². The van der Waals surface area contributed by atoms with Gasteiger partial charge in [0.15, 0.2) is 5.78 Å². The van der Waals surface area contributed by atoms with E-state index in [1.807, 2.05) is 18.8 Å². The van der Waals surface area contributed by atoms with Crippen LogP contribution in [0.4, 0.5) is 0 Å². The van der Waals surface area contributed by atoms with Gasteiger partial charge < -0.3 is 4.90 Å². The molecule has 0 spiro atoms. The van der Waals surface area contributed by atoms with Gasteiger partial charge in [0.2, 0.25) is 0 Å². The summed E-state index contributed by atoms with van der Waals surface area (Å²) < 4.78 is 2.72. The van der Waals surface area contributed by atoms with Gasteiger partial charge >= 0.3 is 0 Å². The molecular formula is C15H22BrN3O. The fraction of sp³-hybridized carbons (Fsp3) is 0.733. The maximum atomic E-state index is 12.8. The molecule has 0 bridgehead atoms. The number of hydrogen-bond donors (Lipinski definition) is 0. The van der Waals surface area contributed by atoms with Gasteiger partial charge in [0.05, 0.1) is 17.2 Å². The Morgan fingerprint density at radius 3 is 2.65 bits per heavy atom. The van der Waals surface area contributed by atoms with Crippen LogP contribution in [0.2, 0.25) is 0 Å². The summed E-state index contributed by atoms with van der Waals surface area (Å²) in [6, 6.07) is 0. The standard InChI is InChI=1S/C15H22BrN3O/c1-18(2)7-8-19-14(12(16)9-17-19)15(20)13-10-5-3-4-6-11(10)13/h9-11,13H,3-8H2,1-2H3. The zero-order valence-electron chi connectivity index (χ0n) is 12.2. The van der Waals surface area contributed by atoms with Crippen LogP contribution in [0.5, 0.6) is 0 Å². The maximum absolute atomic E-state index is 12.8. The zero-order valence-corrected chi connectivity index (χ0v) is 13.8. The second-order valence-electron chi connectivity index (χ2n) is 6.37. The largest absolute Gasteiger partial charge is 0.308 e. The molecule has 2 aliphatic rings. The predicted molar refractivity (Wildman–Crippen MR) is 81.7 cm³/mol. The molecule has 0 radical (unpaired) electrons. The van der Waals surface area contributed by atoms with Gasteiger partial charge in [0.1, 0.15) is 5.69 Å². The molecule has 0 aromatic carbocycles.